The van der Waals surface area contributed by atoms with Crippen LogP contribution in [0.15, 0.2) is 0 Å². The van der Waals surface area contributed by atoms with Crippen molar-refractivity contribution >= 4 is 11.8 Å². The average molecular weight is 334 g/mol. The molecule has 0 radical (unpaired) electrons. The van der Waals surface area contributed by atoms with Gasteiger partial charge in [0.05, 0.1) is 0 Å². The summed E-state index contributed by atoms with van der Waals surface area (Å²) in [6.45, 7) is 5.32. The van der Waals surface area contributed by atoms with E-state index in [2.05, 4.69) is 6.92 Å². The largest absolute Gasteiger partial charge is 0.471 e. The van der Waals surface area contributed by atoms with Crippen LogP contribution in [0.4, 0.5) is 13.2 Å². The number of piperidine rings is 1. The highest BCUT2D eigenvalue weighted by Gasteiger charge is 2.48. The number of halogens is 3. The summed E-state index contributed by atoms with van der Waals surface area (Å²) < 4.78 is 37.7. The molecule has 0 bridgehead atoms. The lowest BCUT2D eigenvalue weighted by Crippen LogP contribution is -2.45. The number of nitrogens with zero attached hydrogens (tertiary/aromatic N) is 2. The Kier molecular flexibility index (Phi) is 5.57. The molecule has 4 nitrogen and oxygen atoms in total. The summed E-state index contributed by atoms with van der Waals surface area (Å²) in [5.41, 5.74) is 0. The molecule has 7 heteroatoms. The molecule has 132 valence electrons. The minimum Gasteiger partial charge on any atom is -0.342 e. The van der Waals surface area contributed by atoms with E-state index in [0.717, 1.165) is 24.2 Å². The lowest BCUT2D eigenvalue weighted by Gasteiger charge is -2.35. The maximum atomic E-state index is 12.6. The number of rotatable bonds is 4. The van der Waals surface area contributed by atoms with Gasteiger partial charge in [0.2, 0.25) is 5.91 Å². The second-order valence-electron chi connectivity index (χ2n) is 6.84. The highest BCUT2D eigenvalue weighted by molar-refractivity contribution is 5.82. The highest BCUT2D eigenvalue weighted by atomic mass is 19.4. The van der Waals surface area contributed by atoms with Crippen molar-refractivity contribution in [3.8, 4) is 0 Å². The molecule has 0 aliphatic carbocycles. The fourth-order valence-electron chi connectivity index (χ4n) is 3.66. The molecule has 2 heterocycles. The number of hydrogen-bond acceptors (Lipinski definition) is 2. The van der Waals surface area contributed by atoms with Crippen molar-refractivity contribution in [2.24, 2.45) is 17.8 Å². The zero-order valence-corrected chi connectivity index (χ0v) is 13.7. The first kappa shape index (κ1) is 18.1. The first-order valence-electron chi connectivity index (χ1n) is 8.39. The first-order chi connectivity index (χ1) is 10.7. The van der Waals surface area contributed by atoms with E-state index < -0.39 is 12.1 Å². The van der Waals surface area contributed by atoms with Crippen molar-refractivity contribution in [2.75, 3.05) is 26.2 Å². The third-order valence-electron chi connectivity index (χ3n) is 5.05. The number of unbranched alkanes of at least 4 members (excludes halogenated alkanes) is 1. The van der Waals surface area contributed by atoms with Crippen molar-refractivity contribution in [1.82, 2.24) is 9.80 Å². The molecule has 2 aliphatic rings. The predicted molar refractivity (Wildman–Crippen MR) is 79.5 cm³/mol. The van der Waals surface area contributed by atoms with E-state index in [4.69, 9.17) is 0 Å². The summed E-state index contributed by atoms with van der Waals surface area (Å²) in [6, 6.07) is 0. The molecule has 2 rings (SSSR count). The zero-order valence-electron chi connectivity index (χ0n) is 13.7. The van der Waals surface area contributed by atoms with Crippen LogP contribution in [-0.4, -0.2) is 54.0 Å². The van der Waals surface area contributed by atoms with Crippen LogP contribution in [0.3, 0.4) is 0 Å². The highest BCUT2D eigenvalue weighted by Crippen LogP contribution is 2.34. The van der Waals surface area contributed by atoms with Crippen LogP contribution in [0, 0.1) is 17.8 Å². The van der Waals surface area contributed by atoms with Crippen molar-refractivity contribution in [3.63, 3.8) is 0 Å². The van der Waals surface area contributed by atoms with Gasteiger partial charge in [-0.2, -0.15) is 13.2 Å². The van der Waals surface area contributed by atoms with E-state index in [9.17, 15) is 22.8 Å². The summed E-state index contributed by atoms with van der Waals surface area (Å²) in [6.07, 6.45) is -1.24. The van der Waals surface area contributed by atoms with Crippen molar-refractivity contribution in [2.45, 2.75) is 45.7 Å². The smallest absolute Gasteiger partial charge is 0.342 e. The van der Waals surface area contributed by atoms with E-state index >= 15 is 0 Å². The van der Waals surface area contributed by atoms with Crippen LogP contribution in [0.1, 0.15) is 39.5 Å². The summed E-state index contributed by atoms with van der Waals surface area (Å²) >= 11 is 0. The van der Waals surface area contributed by atoms with Crippen molar-refractivity contribution in [1.29, 1.82) is 0 Å². The molecule has 0 aromatic heterocycles. The van der Waals surface area contributed by atoms with Gasteiger partial charge in [-0.05, 0) is 24.7 Å². The molecule has 0 spiro atoms. The van der Waals surface area contributed by atoms with Crippen LogP contribution < -0.4 is 0 Å². The molecule has 2 saturated heterocycles. The van der Waals surface area contributed by atoms with E-state index in [1.807, 2.05) is 6.92 Å². The fourth-order valence-corrected chi connectivity index (χ4v) is 3.66. The van der Waals surface area contributed by atoms with E-state index in [-0.39, 0.29) is 36.8 Å². The normalized spacial score (nSPS) is 26.1. The number of hydrogen-bond donors (Lipinski definition) is 0. The molecule has 2 fully saturated rings. The van der Waals surface area contributed by atoms with E-state index in [0.29, 0.717) is 19.5 Å². The topological polar surface area (TPSA) is 40.6 Å². The molecule has 23 heavy (non-hydrogen) atoms. The fraction of sp³-hybridized carbons (Fsp3) is 0.875. The Morgan fingerprint density at radius 1 is 1.13 bits per heavy atom. The Morgan fingerprint density at radius 3 is 2.35 bits per heavy atom. The monoisotopic (exact) mass is 334 g/mol. The van der Waals surface area contributed by atoms with Gasteiger partial charge in [-0.1, -0.05) is 26.7 Å². The Labute approximate surface area is 135 Å². The molecule has 0 N–H and O–H groups in total. The second kappa shape index (κ2) is 7.09. The molecule has 2 amide bonds. The Bertz CT molecular complexity index is 453. The summed E-state index contributed by atoms with van der Waals surface area (Å²) in [5, 5.41) is 0. The third-order valence-corrected chi connectivity index (χ3v) is 5.05. The average Bonchev–Trinajstić information content (AvgIpc) is 2.92. The molecule has 0 aromatic rings. The number of fused-ring (bicyclic) bond motifs is 1. The van der Waals surface area contributed by atoms with Gasteiger partial charge in [0.1, 0.15) is 0 Å². The number of alkyl halides is 3. The van der Waals surface area contributed by atoms with Crippen LogP contribution in [0.2, 0.25) is 0 Å². The van der Waals surface area contributed by atoms with Gasteiger partial charge in [-0.3, -0.25) is 9.59 Å². The maximum Gasteiger partial charge on any atom is 0.471 e. The Hall–Kier alpha value is -1.27. The second-order valence-corrected chi connectivity index (χ2v) is 6.84. The van der Waals surface area contributed by atoms with Crippen LogP contribution >= 0.6 is 0 Å². The van der Waals surface area contributed by atoms with Gasteiger partial charge in [0.15, 0.2) is 0 Å². The molecular formula is C16H25F3N2O2. The zero-order chi connectivity index (χ0) is 17.2. The summed E-state index contributed by atoms with van der Waals surface area (Å²) in [7, 11) is 0. The van der Waals surface area contributed by atoms with Gasteiger partial charge in [0.25, 0.3) is 0 Å². The van der Waals surface area contributed by atoms with Crippen molar-refractivity contribution < 1.29 is 22.8 Å². The Balaban J connectivity index is 1.91. The number of amides is 2. The number of carbonyl (C=O) groups is 2. The summed E-state index contributed by atoms with van der Waals surface area (Å²) in [5.74, 6) is -1.65. The molecule has 3 atom stereocenters. The minimum absolute atomic E-state index is 0.0302. The molecule has 2 aliphatic heterocycles. The molecular weight excluding hydrogens is 309 g/mol. The van der Waals surface area contributed by atoms with Gasteiger partial charge < -0.3 is 9.80 Å². The van der Waals surface area contributed by atoms with Crippen LogP contribution in [0.5, 0.6) is 0 Å². The SMILES string of the molecule is CCCCC(C)C(=O)N1CCC2CN(C(=O)C(F)(F)F)CC2C1. The summed E-state index contributed by atoms with van der Waals surface area (Å²) in [4.78, 5) is 26.5. The lowest BCUT2D eigenvalue weighted by molar-refractivity contribution is -0.184. The minimum atomic E-state index is -4.81. The maximum absolute atomic E-state index is 12.6. The first-order valence-corrected chi connectivity index (χ1v) is 8.39. The van der Waals surface area contributed by atoms with E-state index in [1.54, 1.807) is 4.90 Å². The predicted octanol–water partition coefficient (Wildman–Crippen LogP) is 2.68. The van der Waals surface area contributed by atoms with Gasteiger partial charge >= 0.3 is 12.1 Å². The molecule has 0 saturated carbocycles. The Morgan fingerprint density at radius 2 is 1.74 bits per heavy atom. The third kappa shape index (κ3) is 4.18. The van der Waals surface area contributed by atoms with Crippen molar-refractivity contribution in [3.05, 3.63) is 0 Å². The lowest BCUT2D eigenvalue weighted by atomic mass is 9.88. The number of likely N-dealkylation sites (tertiary alicyclic amines) is 2. The van der Waals surface area contributed by atoms with Gasteiger partial charge in [0, 0.05) is 32.1 Å². The number of carbonyl (C=O) groups excluding carboxylic acids is 2. The van der Waals surface area contributed by atoms with E-state index in [1.165, 1.54) is 0 Å². The van der Waals surface area contributed by atoms with Crippen LogP contribution in [-0.2, 0) is 9.59 Å². The van der Waals surface area contributed by atoms with Gasteiger partial charge in [-0.15, -0.1) is 0 Å². The van der Waals surface area contributed by atoms with Gasteiger partial charge in [-0.25, -0.2) is 0 Å². The molecule has 0 aromatic carbocycles. The molecule has 3 unspecified atom stereocenters. The quantitative estimate of drug-likeness (QED) is 0.793. The van der Waals surface area contributed by atoms with Crippen LogP contribution in [0.25, 0.3) is 0 Å². The standard InChI is InChI=1S/C16H25F3N2O2/c1-3-4-5-11(2)14(22)20-7-6-12-8-21(10-13(12)9-20)15(23)16(17,18)19/h11-13H,3-10H2,1-2H3.